The molecule has 3 rings (SSSR count). The van der Waals surface area contributed by atoms with E-state index in [1.807, 2.05) is 6.07 Å². The van der Waals surface area contributed by atoms with Crippen molar-refractivity contribution < 1.29 is 23.1 Å². The van der Waals surface area contributed by atoms with E-state index in [9.17, 15) is 18.3 Å². The molecule has 0 amide bonds. The molecule has 0 aliphatic rings. The van der Waals surface area contributed by atoms with Crippen LogP contribution in [0.25, 0.3) is 6.08 Å². The molecular weight excluding hydrogens is 414 g/mol. The van der Waals surface area contributed by atoms with Crippen LogP contribution in [0.15, 0.2) is 78.2 Å². The van der Waals surface area contributed by atoms with E-state index in [4.69, 9.17) is 4.74 Å². The summed E-state index contributed by atoms with van der Waals surface area (Å²) in [5, 5.41) is 9.86. The van der Waals surface area contributed by atoms with Gasteiger partial charge in [0, 0.05) is 0 Å². The number of benzene rings is 3. The first-order valence-electron chi connectivity index (χ1n) is 9.49. The van der Waals surface area contributed by atoms with Gasteiger partial charge >= 0.3 is 5.97 Å². The van der Waals surface area contributed by atoms with Crippen molar-refractivity contribution in [2.24, 2.45) is 0 Å². The summed E-state index contributed by atoms with van der Waals surface area (Å²) < 4.78 is 33.7. The lowest BCUT2D eigenvalue weighted by molar-refractivity contribution is 0.0697. The topological polar surface area (TPSA) is 83.9 Å². The van der Waals surface area contributed by atoms with E-state index in [0.717, 1.165) is 9.87 Å². The van der Waals surface area contributed by atoms with Crippen LogP contribution in [-0.4, -0.2) is 26.6 Å². The second kappa shape index (κ2) is 9.06. The molecule has 3 aromatic carbocycles. The summed E-state index contributed by atoms with van der Waals surface area (Å²) in [6.45, 7) is 5.36. The number of methoxy groups -OCH3 is 1. The molecule has 1 N–H and O–H groups in total. The van der Waals surface area contributed by atoms with Crippen LogP contribution < -0.4 is 9.04 Å². The summed E-state index contributed by atoms with van der Waals surface area (Å²) in [5.41, 5.74) is 1.85. The van der Waals surface area contributed by atoms with Gasteiger partial charge in [-0.25, -0.2) is 13.2 Å². The van der Waals surface area contributed by atoms with Crippen molar-refractivity contribution in [1.29, 1.82) is 0 Å². The predicted octanol–water partition coefficient (Wildman–Crippen LogP) is 4.74. The van der Waals surface area contributed by atoms with E-state index in [1.54, 1.807) is 49.4 Å². The fourth-order valence-electron chi connectivity index (χ4n) is 3.33. The van der Waals surface area contributed by atoms with Gasteiger partial charge in [-0.1, -0.05) is 43.0 Å². The molecule has 0 radical (unpaired) electrons. The van der Waals surface area contributed by atoms with E-state index in [0.29, 0.717) is 16.9 Å². The number of hydrogen-bond acceptors (Lipinski definition) is 4. The number of carboxylic acid groups (broad SMARTS) is 1. The van der Waals surface area contributed by atoms with Crippen LogP contribution in [0.1, 0.15) is 27.0 Å². The largest absolute Gasteiger partial charge is 0.497 e. The highest BCUT2D eigenvalue weighted by Gasteiger charge is 2.30. The molecule has 0 bridgehead atoms. The van der Waals surface area contributed by atoms with Crippen LogP contribution in [0.2, 0.25) is 0 Å². The Kier molecular flexibility index (Phi) is 6.46. The van der Waals surface area contributed by atoms with Gasteiger partial charge in [0.15, 0.2) is 0 Å². The number of ether oxygens (including phenoxy) is 1. The summed E-state index contributed by atoms with van der Waals surface area (Å²) in [5.74, 6) is -0.698. The lowest BCUT2D eigenvalue weighted by Gasteiger charge is -2.28. The van der Waals surface area contributed by atoms with Gasteiger partial charge in [-0.15, -0.1) is 0 Å². The first-order valence-corrected chi connectivity index (χ1v) is 10.9. The highest BCUT2D eigenvalue weighted by Crippen LogP contribution is 2.34. The molecule has 0 unspecified atom stereocenters. The number of rotatable bonds is 8. The first-order chi connectivity index (χ1) is 14.8. The van der Waals surface area contributed by atoms with Crippen molar-refractivity contribution in [2.45, 2.75) is 18.4 Å². The third-order valence-electron chi connectivity index (χ3n) is 4.85. The Morgan fingerprint density at radius 3 is 2.29 bits per heavy atom. The number of carboxylic acids is 1. The van der Waals surface area contributed by atoms with Crippen LogP contribution in [0.4, 0.5) is 5.69 Å². The fraction of sp³-hybridized carbons (Fsp3) is 0.125. The molecule has 31 heavy (non-hydrogen) atoms. The molecule has 3 aromatic rings. The molecule has 0 aliphatic carbocycles. The van der Waals surface area contributed by atoms with Crippen LogP contribution >= 0.6 is 0 Å². The van der Waals surface area contributed by atoms with E-state index >= 15 is 0 Å². The van der Waals surface area contributed by atoms with E-state index in [2.05, 4.69) is 6.58 Å². The highest BCUT2D eigenvalue weighted by molar-refractivity contribution is 7.92. The van der Waals surface area contributed by atoms with Gasteiger partial charge in [-0.2, -0.15) is 0 Å². The number of aromatic carboxylic acids is 1. The van der Waals surface area contributed by atoms with Gasteiger partial charge in [-0.05, 0) is 60.0 Å². The van der Waals surface area contributed by atoms with Gasteiger partial charge in [0.1, 0.15) is 5.75 Å². The molecule has 0 atom stereocenters. The molecule has 0 fully saturated rings. The van der Waals surface area contributed by atoms with Gasteiger partial charge in [0.05, 0.1) is 29.8 Å². The van der Waals surface area contributed by atoms with E-state index < -0.39 is 16.0 Å². The quantitative estimate of drug-likeness (QED) is 0.550. The molecule has 0 heterocycles. The zero-order chi connectivity index (χ0) is 22.6. The van der Waals surface area contributed by atoms with Gasteiger partial charge in [0.2, 0.25) is 0 Å². The zero-order valence-corrected chi connectivity index (χ0v) is 18.1. The van der Waals surface area contributed by atoms with Gasteiger partial charge in [-0.3, -0.25) is 4.31 Å². The van der Waals surface area contributed by atoms with Crippen molar-refractivity contribution in [2.75, 3.05) is 11.4 Å². The maximum Gasteiger partial charge on any atom is 0.337 e. The minimum absolute atomic E-state index is 0.0240. The Labute approximate surface area is 182 Å². The normalized spacial score (nSPS) is 11.0. The Morgan fingerprint density at radius 1 is 1.10 bits per heavy atom. The van der Waals surface area contributed by atoms with Gasteiger partial charge < -0.3 is 9.84 Å². The third kappa shape index (κ3) is 4.62. The van der Waals surface area contributed by atoms with Crippen molar-refractivity contribution in [3.8, 4) is 5.75 Å². The third-order valence-corrected chi connectivity index (χ3v) is 6.61. The molecule has 0 spiro atoms. The summed E-state index contributed by atoms with van der Waals surface area (Å²) in [7, 11) is -2.59. The SMILES string of the molecule is C=Cc1cc(C)c(N(Cc2ccccc2)S(=O)(=O)c2ccc(OC)cc2)c(C(=O)O)c1. The molecule has 0 saturated carbocycles. The van der Waals surface area contributed by atoms with Crippen molar-refractivity contribution in [3.63, 3.8) is 0 Å². The number of aryl methyl sites for hydroxylation is 1. The molecule has 7 heteroatoms. The second-order valence-corrected chi connectivity index (χ2v) is 8.78. The average molecular weight is 438 g/mol. The molecule has 6 nitrogen and oxygen atoms in total. The number of hydrogen-bond donors (Lipinski definition) is 1. The maximum absolute atomic E-state index is 13.7. The molecule has 0 aliphatic heterocycles. The second-order valence-electron chi connectivity index (χ2n) is 6.92. The van der Waals surface area contributed by atoms with Gasteiger partial charge in [0.25, 0.3) is 10.0 Å². The lowest BCUT2D eigenvalue weighted by atomic mass is 10.0. The summed E-state index contributed by atoms with van der Waals surface area (Å²) in [6.07, 6.45) is 1.53. The molecule has 0 saturated heterocycles. The Balaban J connectivity index is 2.24. The number of sulfonamides is 1. The Morgan fingerprint density at radius 2 is 1.74 bits per heavy atom. The zero-order valence-electron chi connectivity index (χ0n) is 17.3. The highest BCUT2D eigenvalue weighted by atomic mass is 32.2. The number of carbonyl (C=O) groups is 1. The molecule has 0 aromatic heterocycles. The first kappa shape index (κ1) is 22.1. The van der Waals surface area contributed by atoms with Crippen molar-refractivity contribution >= 4 is 27.8 Å². The molecule has 160 valence electrons. The Hall–Kier alpha value is -3.58. The lowest BCUT2D eigenvalue weighted by Crippen LogP contribution is -2.32. The smallest absolute Gasteiger partial charge is 0.337 e. The summed E-state index contributed by atoms with van der Waals surface area (Å²) >= 11 is 0. The van der Waals surface area contributed by atoms with Crippen LogP contribution in [0, 0.1) is 6.92 Å². The average Bonchev–Trinajstić information content (AvgIpc) is 2.77. The molecular formula is C24H23NO5S. The maximum atomic E-state index is 13.7. The standard InChI is InChI=1S/C24H23NO5S/c1-4-18-14-17(2)23(22(15-18)24(26)27)25(16-19-8-6-5-7-9-19)31(28,29)21-12-10-20(30-3)11-13-21/h4-15H,1,16H2,2-3H3,(H,26,27). The minimum atomic E-state index is -4.09. The Bertz CT molecular complexity index is 1200. The predicted molar refractivity (Wildman–Crippen MR) is 121 cm³/mol. The van der Waals surface area contributed by atoms with E-state index in [-0.39, 0.29) is 22.7 Å². The van der Waals surface area contributed by atoms with Crippen LogP contribution in [0.3, 0.4) is 0 Å². The minimum Gasteiger partial charge on any atom is -0.497 e. The number of anilines is 1. The number of nitrogens with zero attached hydrogens (tertiary/aromatic N) is 1. The van der Waals surface area contributed by atoms with Crippen LogP contribution in [0.5, 0.6) is 5.75 Å². The van der Waals surface area contributed by atoms with Crippen molar-refractivity contribution in [1.82, 2.24) is 0 Å². The van der Waals surface area contributed by atoms with E-state index in [1.165, 1.54) is 31.4 Å². The fourth-order valence-corrected chi connectivity index (χ4v) is 4.86. The summed E-state index contributed by atoms with van der Waals surface area (Å²) in [6, 6.07) is 18.2. The van der Waals surface area contributed by atoms with Crippen LogP contribution in [-0.2, 0) is 16.6 Å². The summed E-state index contributed by atoms with van der Waals surface area (Å²) in [4.78, 5) is 12.1. The van der Waals surface area contributed by atoms with Crippen molar-refractivity contribution in [3.05, 3.63) is 95.6 Å². The monoisotopic (exact) mass is 437 g/mol.